The van der Waals surface area contributed by atoms with Gasteiger partial charge >= 0.3 is 0 Å². The Balaban J connectivity index is 3.02. The van der Waals surface area contributed by atoms with E-state index in [1.165, 1.54) is 11.9 Å². The molecule has 0 spiro atoms. The Bertz CT molecular complexity index is 570. The van der Waals surface area contributed by atoms with E-state index in [9.17, 15) is 9.59 Å². The number of aliphatic hydroxyl groups excluding tert-OH is 1. The first-order valence-electron chi connectivity index (χ1n) is 6.16. The van der Waals surface area contributed by atoms with E-state index >= 15 is 0 Å². The molecule has 5 heteroatoms. The Labute approximate surface area is 118 Å². The summed E-state index contributed by atoms with van der Waals surface area (Å²) in [6.45, 7) is 1.57. The molecule has 0 atom stereocenters. The molecule has 0 heterocycles. The van der Waals surface area contributed by atoms with E-state index in [0.29, 0.717) is 11.1 Å². The summed E-state index contributed by atoms with van der Waals surface area (Å²) >= 11 is 0. The first-order chi connectivity index (χ1) is 9.51. The third-order valence-corrected chi connectivity index (χ3v) is 2.87. The van der Waals surface area contributed by atoms with Crippen LogP contribution in [0.4, 0.5) is 0 Å². The van der Waals surface area contributed by atoms with Crippen molar-refractivity contribution >= 4 is 11.8 Å². The van der Waals surface area contributed by atoms with Gasteiger partial charge in [0.1, 0.15) is 6.61 Å². The van der Waals surface area contributed by atoms with E-state index in [-0.39, 0.29) is 25.0 Å². The highest BCUT2D eigenvalue weighted by atomic mass is 16.2. The van der Waals surface area contributed by atoms with E-state index < -0.39 is 0 Å². The zero-order valence-corrected chi connectivity index (χ0v) is 11.9. The number of nitrogens with one attached hydrogen (secondary N) is 1. The van der Waals surface area contributed by atoms with E-state index in [0.717, 1.165) is 5.56 Å². The van der Waals surface area contributed by atoms with Crippen LogP contribution in [0.15, 0.2) is 18.2 Å². The van der Waals surface area contributed by atoms with Crippen LogP contribution in [-0.2, 0) is 4.79 Å². The fourth-order valence-corrected chi connectivity index (χ4v) is 1.71. The van der Waals surface area contributed by atoms with Crippen molar-refractivity contribution in [3.63, 3.8) is 0 Å². The number of amides is 2. The van der Waals surface area contributed by atoms with Crippen LogP contribution >= 0.6 is 0 Å². The summed E-state index contributed by atoms with van der Waals surface area (Å²) < 4.78 is 0. The SMILES string of the molecule is CNC(=O)CN(C)C(=O)c1cccc(C#CCO)c1C. The fourth-order valence-electron chi connectivity index (χ4n) is 1.71. The molecule has 1 rings (SSSR count). The summed E-state index contributed by atoms with van der Waals surface area (Å²) in [6, 6.07) is 5.21. The van der Waals surface area contributed by atoms with Gasteiger partial charge in [-0.25, -0.2) is 0 Å². The monoisotopic (exact) mass is 274 g/mol. The lowest BCUT2D eigenvalue weighted by molar-refractivity contribution is -0.121. The first-order valence-corrected chi connectivity index (χ1v) is 6.16. The van der Waals surface area contributed by atoms with Crippen molar-refractivity contribution in [2.75, 3.05) is 27.2 Å². The molecule has 0 radical (unpaired) electrons. The summed E-state index contributed by atoms with van der Waals surface area (Å²) in [7, 11) is 3.10. The minimum absolute atomic E-state index is 0.00131. The van der Waals surface area contributed by atoms with E-state index in [2.05, 4.69) is 17.2 Å². The number of aliphatic hydroxyl groups is 1. The lowest BCUT2D eigenvalue weighted by Crippen LogP contribution is -2.37. The number of carbonyl (C=O) groups is 2. The van der Waals surface area contributed by atoms with Gasteiger partial charge in [-0.3, -0.25) is 9.59 Å². The maximum Gasteiger partial charge on any atom is 0.254 e. The van der Waals surface area contributed by atoms with Crippen molar-refractivity contribution in [2.24, 2.45) is 0 Å². The standard InChI is InChI=1S/C15H18N2O3/c1-11-12(7-5-9-18)6-4-8-13(11)15(20)17(3)10-14(19)16-2/h4,6,8,18H,9-10H2,1-3H3,(H,16,19). The molecule has 20 heavy (non-hydrogen) atoms. The van der Waals surface area contributed by atoms with Gasteiger partial charge in [0.05, 0.1) is 6.54 Å². The predicted octanol–water partition coefficient (Wildman–Crippen LogP) is 0.157. The summed E-state index contributed by atoms with van der Waals surface area (Å²) in [5, 5.41) is 11.2. The third kappa shape index (κ3) is 3.84. The number of hydrogen-bond acceptors (Lipinski definition) is 3. The number of nitrogens with zero attached hydrogens (tertiary/aromatic N) is 1. The van der Waals surface area contributed by atoms with Crippen molar-refractivity contribution < 1.29 is 14.7 Å². The van der Waals surface area contributed by atoms with Crippen LogP contribution in [0.1, 0.15) is 21.5 Å². The van der Waals surface area contributed by atoms with Gasteiger partial charge in [0.25, 0.3) is 5.91 Å². The molecule has 0 saturated carbocycles. The van der Waals surface area contributed by atoms with Crippen molar-refractivity contribution in [2.45, 2.75) is 6.92 Å². The van der Waals surface area contributed by atoms with Crippen LogP contribution in [0, 0.1) is 18.8 Å². The zero-order valence-electron chi connectivity index (χ0n) is 11.9. The zero-order chi connectivity index (χ0) is 15.1. The molecule has 2 amide bonds. The average Bonchev–Trinajstić information content (AvgIpc) is 2.45. The van der Waals surface area contributed by atoms with E-state index in [1.807, 2.05) is 0 Å². The normalized spacial score (nSPS) is 9.40. The summed E-state index contributed by atoms with van der Waals surface area (Å²) in [5.74, 6) is 4.89. The number of carbonyl (C=O) groups excluding carboxylic acids is 2. The molecule has 0 unspecified atom stereocenters. The predicted molar refractivity (Wildman–Crippen MR) is 76.2 cm³/mol. The Hall–Kier alpha value is -2.32. The lowest BCUT2D eigenvalue weighted by atomic mass is 10.0. The lowest BCUT2D eigenvalue weighted by Gasteiger charge is -2.17. The van der Waals surface area contributed by atoms with Crippen LogP contribution < -0.4 is 5.32 Å². The van der Waals surface area contributed by atoms with Crippen LogP contribution in [0.3, 0.4) is 0 Å². The number of benzene rings is 1. The molecule has 1 aromatic carbocycles. The van der Waals surface area contributed by atoms with E-state index in [1.54, 1.807) is 32.2 Å². The van der Waals surface area contributed by atoms with Crippen LogP contribution in [0.2, 0.25) is 0 Å². The molecular weight excluding hydrogens is 256 g/mol. The maximum atomic E-state index is 12.3. The molecule has 0 bridgehead atoms. The molecule has 0 saturated heterocycles. The highest BCUT2D eigenvalue weighted by molar-refractivity contribution is 5.98. The van der Waals surface area contributed by atoms with Crippen LogP contribution in [0.25, 0.3) is 0 Å². The smallest absolute Gasteiger partial charge is 0.254 e. The highest BCUT2D eigenvalue weighted by Crippen LogP contribution is 2.14. The van der Waals surface area contributed by atoms with Gasteiger partial charge < -0.3 is 15.3 Å². The van der Waals surface area contributed by atoms with Crippen molar-refractivity contribution in [1.29, 1.82) is 0 Å². The second kappa shape index (κ2) is 7.31. The minimum atomic E-state index is -0.237. The molecule has 0 aliphatic carbocycles. The van der Waals surface area contributed by atoms with Crippen molar-refractivity contribution in [3.05, 3.63) is 34.9 Å². The molecule has 106 valence electrons. The Morgan fingerprint density at radius 1 is 1.40 bits per heavy atom. The van der Waals surface area contributed by atoms with Crippen LogP contribution in [0.5, 0.6) is 0 Å². The van der Waals surface area contributed by atoms with Gasteiger partial charge in [-0.05, 0) is 24.6 Å². The minimum Gasteiger partial charge on any atom is -0.384 e. The number of rotatable bonds is 3. The Morgan fingerprint density at radius 2 is 2.10 bits per heavy atom. The third-order valence-electron chi connectivity index (χ3n) is 2.87. The molecule has 0 aromatic heterocycles. The molecule has 5 nitrogen and oxygen atoms in total. The van der Waals surface area contributed by atoms with Gasteiger partial charge in [0, 0.05) is 25.2 Å². The molecule has 0 aliphatic heterocycles. The van der Waals surface area contributed by atoms with Crippen LogP contribution in [-0.4, -0.2) is 49.1 Å². The largest absolute Gasteiger partial charge is 0.384 e. The molecule has 0 aliphatic rings. The second-order valence-electron chi connectivity index (χ2n) is 4.27. The summed E-state index contributed by atoms with van der Waals surface area (Å²) in [6.07, 6.45) is 0. The Morgan fingerprint density at radius 3 is 2.70 bits per heavy atom. The molecule has 0 fully saturated rings. The number of hydrogen-bond donors (Lipinski definition) is 2. The van der Waals surface area contributed by atoms with Gasteiger partial charge in [-0.2, -0.15) is 0 Å². The summed E-state index contributed by atoms with van der Waals surface area (Å²) in [4.78, 5) is 24.9. The molecular formula is C15H18N2O3. The van der Waals surface area contributed by atoms with Crippen molar-refractivity contribution in [1.82, 2.24) is 10.2 Å². The van der Waals surface area contributed by atoms with Gasteiger partial charge in [-0.1, -0.05) is 17.9 Å². The molecule has 1 aromatic rings. The maximum absolute atomic E-state index is 12.3. The van der Waals surface area contributed by atoms with E-state index in [4.69, 9.17) is 5.11 Å². The second-order valence-corrected chi connectivity index (χ2v) is 4.27. The average molecular weight is 274 g/mol. The topological polar surface area (TPSA) is 69.6 Å². The van der Waals surface area contributed by atoms with Crippen molar-refractivity contribution in [3.8, 4) is 11.8 Å². The quantitative estimate of drug-likeness (QED) is 0.771. The van der Waals surface area contributed by atoms with Gasteiger partial charge in [0.2, 0.25) is 5.91 Å². The van der Waals surface area contributed by atoms with Gasteiger partial charge in [-0.15, -0.1) is 0 Å². The first kappa shape index (κ1) is 15.7. The number of likely N-dealkylation sites (N-methyl/N-ethyl adjacent to an activating group) is 2. The highest BCUT2D eigenvalue weighted by Gasteiger charge is 2.17. The molecule has 2 N–H and O–H groups in total. The summed E-state index contributed by atoms with van der Waals surface area (Å²) in [5.41, 5.74) is 1.93. The van der Waals surface area contributed by atoms with Gasteiger partial charge in [0.15, 0.2) is 0 Å². The fraction of sp³-hybridized carbons (Fsp3) is 0.333. The Kier molecular flexibility index (Phi) is 5.75.